The molecule has 0 saturated carbocycles. The summed E-state index contributed by atoms with van der Waals surface area (Å²) in [6.07, 6.45) is 2.47. The fourth-order valence-corrected chi connectivity index (χ4v) is 1.32. The van der Waals surface area contributed by atoms with E-state index in [0.717, 1.165) is 6.20 Å². The molecule has 5 heteroatoms. The molecule has 0 amide bonds. The van der Waals surface area contributed by atoms with Crippen LogP contribution in [0, 0.1) is 5.82 Å². The van der Waals surface area contributed by atoms with Gasteiger partial charge in [0.15, 0.2) is 0 Å². The van der Waals surface area contributed by atoms with Crippen molar-refractivity contribution in [1.82, 2.24) is 9.97 Å². The Morgan fingerprint density at radius 3 is 2.88 bits per heavy atom. The molecule has 4 nitrogen and oxygen atoms in total. The quantitative estimate of drug-likeness (QED) is 0.836. The van der Waals surface area contributed by atoms with E-state index in [2.05, 4.69) is 9.97 Å². The van der Waals surface area contributed by atoms with E-state index in [4.69, 9.17) is 4.74 Å². The standard InChI is InChI=1S/C11H9FN2O2/c1-16-7-2-3-9(12)8(4-7)10-5-14-11(15)6-13-10/h2-6H,1H3,(H,14,15). The molecule has 0 bridgehead atoms. The first-order valence-electron chi connectivity index (χ1n) is 4.59. The molecular weight excluding hydrogens is 211 g/mol. The number of aromatic amines is 1. The van der Waals surface area contributed by atoms with Gasteiger partial charge in [-0.05, 0) is 18.2 Å². The molecule has 0 radical (unpaired) electrons. The van der Waals surface area contributed by atoms with Crippen LogP contribution < -0.4 is 10.3 Å². The lowest BCUT2D eigenvalue weighted by atomic mass is 10.1. The Kier molecular flexibility index (Phi) is 2.68. The summed E-state index contributed by atoms with van der Waals surface area (Å²) in [4.78, 5) is 17.1. The van der Waals surface area contributed by atoms with E-state index in [0.29, 0.717) is 11.4 Å². The fraction of sp³-hybridized carbons (Fsp3) is 0.0909. The summed E-state index contributed by atoms with van der Waals surface area (Å²) < 4.78 is 18.5. The van der Waals surface area contributed by atoms with E-state index < -0.39 is 5.82 Å². The molecule has 2 aromatic rings. The van der Waals surface area contributed by atoms with E-state index >= 15 is 0 Å². The van der Waals surface area contributed by atoms with Gasteiger partial charge in [-0.2, -0.15) is 0 Å². The molecule has 1 N–H and O–H groups in total. The molecule has 16 heavy (non-hydrogen) atoms. The van der Waals surface area contributed by atoms with Gasteiger partial charge in [0.25, 0.3) is 5.56 Å². The van der Waals surface area contributed by atoms with Crippen LogP contribution in [0.2, 0.25) is 0 Å². The number of halogens is 1. The maximum absolute atomic E-state index is 13.5. The Hall–Kier alpha value is -2.17. The number of H-pyrrole nitrogens is 1. The molecule has 0 aliphatic carbocycles. The van der Waals surface area contributed by atoms with Gasteiger partial charge in [-0.15, -0.1) is 0 Å². The van der Waals surface area contributed by atoms with Gasteiger partial charge in [0.2, 0.25) is 0 Å². The van der Waals surface area contributed by atoms with E-state index in [-0.39, 0.29) is 11.1 Å². The lowest BCUT2D eigenvalue weighted by Crippen LogP contribution is -2.04. The highest BCUT2D eigenvalue weighted by atomic mass is 19.1. The molecule has 0 aliphatic heterocycles. The lowest BCUT2D eigenvalue weighted by molar-refractivity contribution is 0.414. The third-order valence-electron chi connectivity index (χ3n) is 2.12. The first kappa shape index (κ1) is 10.4. The number of ether oxygens (including phenoxy) is 1. The molecule has 0 aliphatic rings. The summed E-state index contributed by atoms with van der Waals surface area (Å²) in [5, 5.41) is 0. The second-order valence-corrected chi connectivity index (χ2v) is 3.14. The van der Waals surface area contributed by atoms with E-state index in [1.807, 2.05) is 0 Å². The van der Waals surface area contributed by atoms with Crippen molar-refractivity contribution in [3.8, 4) is 17.0 Å². The third-order valence-corrected chi connectivity index (χ3v) is 2.12. The van der Waals surface area contributed by atoms with Gasteiger partial charge in [-0.3, -0.25) is 4.79 Å². The minimum atomic E-state index is -0.416. The smallest absolute Gasteiger partial charge is 0.266 e. The Balaban J connectivity index is 2.54. The molecule has 0 saturated heterocycles. The van der Waals surface area contributed by atoms with Crippen molar-refractivity contribution in [2.45, 2.75) is 0 Å². The highest BCUT2D eigenvalue weighted by Crippen LogP contribution is 2.24. The van der Waals surface area contributed by atoms with Crippen molar-refractivity contribution in [1.29, 1.82) is 0 Å². The van der Waals surface area contributed by atoms with E-state index in [1.54, 1.807) is 0 Å². The van der Waals surface area contributed by atoms with Crippen LogP contribution in [0.5, 0.6) is 5.75 Å². The third kappa shape index (κ3) is 1.93. The lowest BCUT2D eigenvalue weighted by Gasteiger charge is -2.04. The maximum atomic E-state index is 13.5. The van der Waals surface area contributed by atoms with Crippen LogP contribution in [0.3, 0.4) is 0 Å². The number of rotatable bonds is 2. The number of hydrogen-bond donors (Lipinski definition) is 1. The Morgan fingerprint density at radius 1 is 1.44 bits per heavy atom. The van der Waals surface area contributed by atoms with Crippen molar-refractivity contribution in [3.05, 3.63) is 46.8 Å². The largest absolute Gasteiger partial charge is 0.497 e. The number of methoxy groups -OCH3 is 1. The SMILES string of the molecule is COc1ccc(F)c(-c2c[nH]c(=O)cn2)c1. The van der Waals surface area contributed by atoms with Crippen LogP contribution in [0.25, 0.3) is 11.3 Å². The van der Waals surface area contributed by atoms with Crippen LogP contribution in [0.15, 0.2) is 35.4 Å². The van der Waals surface area contributed by atoms with Gasteiger partial charge in [0.1, 0.15) is 11.6 Å². The van der Waals surface area contributed by atoms with Gasteiger partial charge in [0, 0.05) is 11.8 Å². The molecular formula is C11H9FN2O2. The summed E-state index contributed by atoms with van der Waals surface area (Å²) in [6, 6.07) is 4.33. The normalized spacial score (nSPS) is 10.1. The molecule has 1 aromatic carbocycles. The van der Waals surface area contributed by atoms with Gasteiger partial charge in [-0.25, -0.2) is 9.37 Å². The summed E-state index contributed by atoms with van der Waals surface area (Å²) in [6.45, 7) is 0. The number of aromatic nitrogens is 2. The van der Waals surface area contributed by atoms with Crippen molar-refractivity contribution in [2.75, 3.05) is 7.11 Å². The van der Waals surface area contributed by atoms with Crippen molar-refractivity contribution >= 4 is 0 Å². The minimum Gasteiger partial charge on any atom is -0.497 e. The predicted octanol–water partition coefficient (Wildman–Crippen LogP) is 1.58. The second kappa shape index (κ2) is 4.14. The monoisotopic (exact) mass is 220 g/mol. The molecule has 2 rings (SSSR count). The highest BCUT2D eigenvalue weighted by Gasteiger charge is 2.07. The van der Waals surface area contributed by atoms with Crippen LogP contribution in [-0.2, 0) is 0 Å². The highest BCUT2D eigenvalue weighted by molar-refractivity contribution is 5.60. The number of hydrogen-bond acceptors (Lipinski definition) is 3. The van der Waals surface area contributed by atoms with E-state index in [1.165, 1.54) is 31.5 Å². The van der Waals surface area contributed by atoms with Gasteiger partial charge in [0.05, 0.1) is 19.0 Å². The van der Waals surface area contributed by atoms with Crippen molar-refractivity contribution < 1.29 is 9.13 Å². The minimum absolute atomic E-state index is 0.288. The Morgan fingerprint density at radius 2 is 2.25 bits per heavy atom. The molecule has 0 fully saturated rings. The number of benzene rings is 1. The average Bonchev–Trinajstić information content (AvgIpc) is 2.31. The topological polar surface area (TPSA) is 55.0 Å². The summed E-state index contributed by atoms with van der Waals surface area (Å²) in [5.74, 6) is 0.116. The second-order valence-electron chi connectivity index (χ2n) is 3.14. The Bertz CT molecular complexity index is 546. The van der Waals surface area contributed by atoms with Gasteiger partial charge >= 0.3 is 0 Å². The summed E-state index contributed by atoms with van der Waals surface area (Å²) >= 11 is 0. The number of nitrogens with one attached hydrogen (secondary N) is 1. The predicted molar refractivity (Wildman–Crippen MR) is 56.8 cm³/mol. The average molecular weight is 220 g/mol. The van der Waals surface area contributed by atoms with Crippen molar-refractivity contribution in [3.63, 3.8) is 0 Å². The zero-order valence-corrected chi connectivity index (χ0v) is 8.53. The molecule has 0 spiro atoms. The number of nitrogens with zero attached hydrogens (tertiary/aromatic N) is 1. The fourth-order valence-electron chi connectivity index (χ4n) is 1.32. The van der Waals surface area contributed by atoms with Crippen LogP contribution in [0.4, 0.5) is 4.39 Å². The zero-order chi connectivity index (χ0) is 11.5. The van der Waals surface area contributed by atoms with Crippen LogP contribution in [0.1, 0.15) is 0 Å². The van der Waals surface area contributed by atoms with Gasteiger partial charge in [-0.1, -0.05) is 0 Å². The maximum Gasteiger partial charge on any atom is 0.266 e. The van der Waals surface area contributed by atoms with Crippen molar-refractivity contribution in [2.24, 2.45) is 0 Å². The summed E-state index contributed by atoms with van der Waals surface area (Å²) in [5.41, 5.74) is 0.318. The molecule has 0 unspecified atom stereocenters. The first-order chi connectivity index (χ1) is 7.70. The van der Waals surface area contributed by atoms with Crippen LogP contribution >= 0.6 is 0 Å². The molecule has 0 atom stereocenters. The molecule has 82 valence electrons. The first-order valence-corrected chi connectivity index (χ1v) is 4.59. The Labute approximate surface area is 90.7 Å². The van der Waals surface area contributed by atoms with Crippen LogP contribution in [-0.4, -0.2) is 17.1 Å². The van der Waals surface area contributed by atoms with Gasteiger partial charge < -0.3 is 9.72 Å². The van der Waals surface area contributed by atoms with E-state index in [9.17, 15) is 9.18 Å². The summed E-state index contributed by atoms with van der Waals surface area (Å²) in [7, 11) is 1.50. The molecule has 1 aromatic heterocycles. The zero-order valence-electron chi connectivity index (χ0n) is 8.53. The molecule has 1 heterocycles.